The second-order valence-electron chi connectivity index (χ2n) is 7.71. The Morgan fingerprint density at radius 1 is 0.741 bits per heavy atom. The highest BCUT2D eigenvalue weighted by Crippen LogP contribution is 2.35. The third-order valence-electron chi connectivity index (χ3n) is 4.40. The molecule has 0 aliphatic rings. The number of hydrogen-bond acceptors (Lipinski definition) is 0. The summed E-state index contributed by atoms with van der Waals surface area (Å²) < 4.78 is 4.50. The zero-order chi connectivity index (χ0) is 19.2. The van der Waals surface area contributed by atoms with E-state index < -0.39 is 8.07 Å². The van der Waals surface area contributed by atoms with E-state index in [4.69, 9.17) is 0 Å². The lowest BCUT2D eigenvalue weighted by molar-refractivity contribution is 1.18. The fourth-order valence-corrected chi connectivity index (χ4v) is 4.44. The quantitative estimate of drug-likeness (QED) is 0.189. The summed E-state index contributed by atoms with van der Waals surface area (Å²) in [6.45, 7) is 6.80. The number of rotatable bonds is 1. The van der Waals surface area contributed by atoms with Crippen molar-refractivity contribution in [1.82, 2.24) is 4.57 Å². The molecule has 4 rings (SSSR count). The van der Waals surface area contributed by atoms with Crippen LogP contribution in [0.4, 0.5) is 0 Å². The topological polar surface area (TPSA) is 4.93 Å². The van der Waals surface area contributed by atoms with Gasteiger partial charge in [-0.3, -0.25) is 0 Å². The van der Waals surface area contributed by atoms with Crippen LogP contribution in [0, 0.1) is 11.5 Å². The van der Waals surface area contributed by atoms with Gasteiger partial charge in [0.2, 0.25) is 0 Å². The van der Waals surface area contributed by atoms with Crippen molar-refractivity contribution >= 4 is 61.7 Å². The summed E-state index contributed by atoms with van der Waals surface area (Å²) in [4.78, 5) is 0. The normalized spacial score (nSPS) is 11.6. The van der Waals surface area contributed by atoms with Gasteiger partial charge in [-0.15, -0.1) is 5.54 Å². The van der Waals surface area contributed by atoms with Gasteiger partial charge in [-0.25, -0.2) is 0 Å². The van der Waals surface area contributed by atoms with Gasteiger partial charge in [0.1, 0.15) is 8.07 Å². The smallest absolute Gasteiger partial charge is 0.129 e. The average Bonchev–Trinajstić information content (AvgIpc) is 2.93. The number of halogens is 2. The summed E-state index contributed by atoms with van der Waals surface area (Å²) in [5, 5.41) is 2.48. The van der Waals surface area contributed by atoms with Crippen LogP contribution in [0.5, 0.6) is 0 Å². The molecule has 1 heterocycles. The first kappa shape index (κ1) is 18.6. The standard InChI is InChI=1S/C23H19Br2NSi/c1-27(2,3)13-12-16-4-8-19(9-5-16)26-22-10-6-17(24)14-20(22)21-15-18(25)7-11-23(21)26/h4-11,14-15H,1-3H3. The first-order valence-corrected chi connectivity index (χ1v) is 13.9. The van der Waals surface area contributed by atoms with Gasteiger partial charge in [0.15, 0.2) is 0 Å². The molecule has 1 nitrogen and oxygen atoms in total. The number of fused-ring (bicyclic) bond motifs is 3. The van der Waals surface area contributed by atoms with Gasteiger partial charge in [0.25, 0.3) is 0 Å². The lowest BCUT2D eigenvalue weighted by atomic mass is 10.2. The van der Waals surface area contributed by atoms with Crippen molar-refractivity contribution < 1.29 is 0 Å². The third-order valence-corrected chi connectivity index (χ3v) is 6.26. The molecule has 0 bridgehead atoms. The van der Waals surface area contributed by atoms with Gasteiger partial charge < -0.3 is 4.57 Å². The van der Waals surface area contributed by atoms with Crippen LogP contribution < -0.4 is 0 Å². The monoisotopic (exact) mass is 495 g/mol. The molecule has 3 aromatic carbocycles. The van der Waals surface area contributed by atoms with Gasteiger partial charge in [-0.05, 0) is 60.7 Å². The SMILES string of the molecule is C[Si](C)(C)C#Cc1ccc(-n2c3ccc(Br)cc3c3cc(Br)ccc32)cc1. The molecule has 0 spiro atoms. The van der Waals surface area contributed by atoms with E-state index in [-0.39, 0.29) is 0 Å². The fourth-order valence-electron chi connectivity index (χ4n) is 3.20. The lowest BCUT2D eigenvalue weighted by Gasteiger charge is -2.08. The molecule has 4 aromatic rings. The maximum atomic E-state index is 3.61. The van der Waals surface area contributed by atoms with Gasteiger partial charge in [-0.2, -0.15) is 0 Å². The van der Waals surface area contributed by atoms with Crippen LogP contribution in [0.3, 0.4) is 0 Å². The average molecular weight is 497 g/mol. The number of hydrogen-bond donors (Lipinski definition) is 0. The number of nitrogens with zero attached hydrogens (tertiary/aromatic N) is 1. The van der Waals surface area contributed by atoms with Crippen LogP contribution in [0.15, 0.2) is 69.6 Å². The molecule has 4 heteroatoms. The minimum Gasteiger partial charge on any atom is -0.309 e. The second-order valence-corrected chi connectivity index (χ2v) is 14.3. The summed E-state index contributed by atoms with van der Waals surface area (Å²) in [5.41, 5.74) is 8.07. The van der Waals surface area contributed by atoms with E-state index in [0.29, 0.717) is 0 Å². The van der Waals surface area contributed by atoms with E-state index in [9.17, 15) is 0 Å². The summed E-state index contributed by atoms with van der Waals surface area (Å²) in [6, 6.07) is 21.5. The fraction of sp³-hybridized carbons (Fsp3) is 0.130. The van der Waals surface area contributed by atoms with E-state index in [0.717, 1.165) is 20.2 Å². The van der Waals surface area contributed by atoms with Crippen LogP contribution in [-0.4, -0.2) is 12.6 Å². The Kier molecular flexibility index (Phi) is 4.80. The predicted molar refractivity (Wildman–Crippen MR) is 126 cm³/mol. The summed E-state index contributed by atoms with van der Waals surface area (Å²) in [6.07, 6.45) is 0. The Labute approximate surface area is 177 Å². The van der Waals surface area contributed by atoms with Gasteiger partial charge in [0, 0.05) is 31.0 Å². The Hall–Kier alpha value is -1.80. The van der Waals surface area contributed by atoms with Crippen molar-refractivity contribution in [3.05, 3.63) is 75.2 Å². The molecule has 0 unspecified atom stereocenters. The minimum absolute atomic E-state index is 1.08. The summed E-state index contributed by atoms with van der Waals surface area (Å²) in [5.74, 6) is 3.34. The number of aromatic nitrogens is 1. The Morgan fingerprint density at radius 2 is 1.26 bits per heavy atom. The van der Waals surface area contributed by atoms with Crippen molar-refractivity contribution in [1.29, 1.82) is 0 Å². The molecule has 27 heavy (non-hydrogen) atoms. The first-order chi connectivity index (χ1) is 12.8. The minimum atomic E-state index is -1.37. The van der Waals surface area contributed by atoms with E-state index in [1.807, 2.05) is 0 Å². The molecular weight excluding hydrogens is 478 g/mol. The maximum Gasteiger partial charge on any atom is 0.129 e. The van der Waals surface area contributed by atoms with Crippen LogP contribution >= 0.6 is 31.9 Å². The van der Waals surface area contributed by atoms with Crippen LogP contribution in [-0.2, 0) is 0 Å². The van der Waals surface area contributed by atoms with Crippen LogP contribution in [0.2, 0.25) is 19.6 Å². The third kappa shape index (κ3) is 3.78. The summed E-state index contributed by atoms with van der Waals surface area (Å²) in [7, 11) is -1.37. The molecular formula is C23H19Br2NSi. The van der Waals surface area contributed by atoms with Crippen molar-refractivity contribution in [2.24, 2.45) is 0 Å². The van der Waals surface area contributed by atoms with E-state index >= 15 is 0 Å². The molecule has 0 amide bonds. The lowest BCUT2D eigenvalue weighted by Crippen LogP contribution is -2.16. The van der Waals surface area contributed by atoms with Crippen LogP contribution in [0.1, 0.15) is 5.56 Å². The second kappa shape index (κ2) is 6.98. The molecule has 0 atom stereocenters. The molecule has 0 saturated carbocycles. The predicted octanol–water partition coefficient (Wildman–Crippen LogP) is 7.54. The zero-order valence-electron chi connectivity index (χ0n) is 15.5. The molecule has 1 aromatic heterocycles. The Bertz CT molecular complexity index is 1160. The highest BCUT2D eigenvalue weighted by Gasteiger charge is 2.13. The van der Waals surface area contributed by atoms with E-state index in [2.05, 4.69) is 128 Å². The van der Waals surface area contributed by atoms with Crippen LogP contribution in [0.25, 0.3) is 27.5 Å². The Morgan fingerprint density at radius 3 is 1.74 bits per heavy atom. The molecule has 0 fully saturated rings. The summed E-state index contributed by atoms with van der Waals surface area (Å²) >= 11 is 7.22. The first-order valence-electron chi connectivity index (χ1n) is 8.85. The zero-order valence-corrected chi connectivity index (χ0v) is 19.6. The number of benzene rings is 3. The molecule has 0 N–H and O–H groups in total. The largest absolute Gasteiger partial charge is 0.309 e. The van der Waals surface area contributed by atoms with E-state index in [1.54, 1.807) is 0 Å². The maximum absolute atomic E-state index is 3.61. The van der Waals surface area contributed by atoms with Crippen molar-refractivity contribution in [2.75, 3.05) is 0 Å². The molecule has 0 saturated heterocycles. The van der Waals surface area contributed by atoms with Gasteiger partial charge in [0.05, 0.1) is 11.0 Å². The van der Waals surface area contributed by atoms with Crippen molar-refractivity contribution in [3.63, 3.8) is 0 Å². The van der Waals surface area contributed by atoms with Crippen molar-refractivity contribution in [3.8, 4) is 17.2 Å². The van der Waals surface area contributed by atoms with Gasteiger partial charge >= 0.3 is 0 Å². The molecule has 0 radical (unpaired) electrons. The molecule has 0 aliphatic heterocycles. The Balaban J connectivity index is 1.91. The van der Waals surface area contributed by atoms with Gasteiger partial charge in [-0.1, -0.05) is 57.4 Å². The van der Waals surface area contributed by atoms with Crippen molar-refractivity contribution in [2.45, 2.75) is 19.6 Å². The highest BCUT2D eigenvalue weighted by molar-refractivity contribution is 9.10. The molecule has 134 valence electrons. The molecule has 0 aliphatic carbocycles. The highest BCUT2D eigenvalue weighted by atomic mass is 79.9. The van der Waals surface area contributed by atoms with E-state index in [1.165, 1.54) is 21.8 Å².